The fourth-order valence-corrected chi connectivity index (χ4v) is 4.61. The van der Waals surface area contributed by atoms with Crippen LogP contribution in [0.5, 0.6) is 5.75 Å². The van der Waals surface area contributed by atoms with Crippen LogP contribution < -0.4 is 10.1 Å². The maximum atomic E-state index is 13.7. The average molecular weight is 389 g/mol. The lowest BCUT2D eigenvalue weighted by molar-refractivity contribution is -0.140. The largest absolute Gasteiger partial charge is 0.497 e. The smallest absolute Gasteiger partial charge is 0.407 e. The third-order valence-electron chi connectivity index (χ3n) is 6.07. The fourth-order valence-electron chi connectivity index (χ4n) is 4.61. The van der Waals surface area contributed by atoms with Gasteiger partial charge in [0.2, 0.25) is 5.91 Å². The van der Waals surface area contributed by atoms with Gasteiger partial charge in [0.1, 0.15) is 5.75 Å². The Labute approximate surface area is 167 Å². The zero-order valence-electron chi connectivity index (χ0n) is 17.0. The van der Waals surface area contributed by atoms with E-state index in [1.165, 1.54) is 6.42 Å². The van der Waals surface area contributed by atoms with E-state index in [1.54, 1.807) is 14.0 Å². The normalized spacial score (nSPS) is 21.6. The van der Waals surface area contributed by atoms with Crippen LogP contribution in [0.15, 0.2) is 24.3 Å². The first-order chi connectivity index (χ1) is 13.6. The molecule has 2 amide bonds. The van der Waals surface area contributed by atoms with E-state index in [2.05, 4.69) is 5.32 Å². The Morgan fingerprint density at radius 1 is 1.14 bits per heavy atom. The number of carbonyl (C=O) groups excluding carboxylic acids is 2. The van der Waals surface area contributed by atoms with Crippen LogP contribution in [0.3, 0.4) is 0 Å². The van der Waals surface area contributed by atoms with Gasteiger partial charge in [-0.15, -0.1) is 0 Å². The molecule has 0 aromatic heterocycles. The molecule has 0 bridgehead atoms. The molecular formula is C22H32N2O4. The molecule has 1 saturated carbocycles. The number of nitrogens with zero attached hydrogens (tertiary/aromatic N) is 1. The molecule has 154 valence electrons. The molecule has 1 aromatic rings. The molecule has 28 heavy (non-hydrogen) atoms. The topological polar surface area (TPSA) is 67.9 Å². The van der Waals surface area contributed by atoms with E-state index >= 15 is 0 Å². The van der Waals surface area contributed by atoms with Crippen molar-refractivity contribution in [1.29, 1.82) is 0 Å². The highest BCUT2D eigenvalue weighted by molar-refractivity contribution is 5.88. The van der Waals surface area contributed by atoms with Gasteiger partial charge in [-0.2, -0.15) is 0 Å². The van der Waals surface area contributed by atoms with Gasteiger partial charge in [-0.3, -0.25) is 4.79 Å². The molecule has 1 heterocycles. The van der Waals surface area contributed by atoms with Crippen LogP contribution >= 0.6 is 0 Å². The van der Waals surface area contributed by atoms with Gasteiger partial charge in [-0.25, -0.2) is 4.79 Å². The second-order valence-corrected chi connectivity index (χ2v) is 7.83. The molecule has 1 unspecified atom stereocenters. The summed E-state index contributed by atoms with van der Waals surface area (Å²) in [5.41, 5.74) is 0.620. The number of amides is 2. The quantitative estimate of drug-likeness (QED) is 0.836. The summed E-state index contributed by atoms with van der Waals surface area (Å²) in [5, 5.41) is 2.90. The number of methoxy groups -OCH3 is 1. The molecule has 2 aliphatic rings. The molecule has 1 aliphatic carbocycles. The molecule has 0 spiro atoms. The first kappa shape index (κ1) is 20.5. The summed E-state index contributed by atoms with van der Waals surface area (Å²) in [5.74, 6) is 1.01. The van der Waals surface area contributed by atoms with E-state index in [1.807, 2.05) is 29.2 Å². The SMILES string of the molecule is CCOC(=O)NC1CCCN(C(=O)C2(c3ccc(OC)cc3)CCCCC2)C1. The standard InChI is InChI=1S/C22H32N2O4/c1-3-28-21(26)23-18-8-7-15-24(16-18)20(25)22(13-5-4-6-14-22)17-9-11-19(27-2)12-10-17/h9-12,18H,3-8,13-16H2,1-2H3,(H,23,26). The van der Waals surface area contributed by atoms with Crippen molar-refractivity contribution in [3.63, 3.8) is 0 Å². The Morgan fingerprint density at radius 3 is 2.50 bits per heavy atom. The number of benzene rings is 1. The minimum Gasteiger partial charge on any atom is -0.497 e. The van der Waals surface area contributed by atoms with Gasteiger partial charge < -0.3 is 19.7 Å². The van der Waals surface area contributed by atoms with E-state index in [-0.39, 0.29) is 11.9 Å². The third kappa shape index (κ3) is 4.42. The van der Waals surface area contributed by atoms with E-state index in [4.69, 9.17) is 9.47 Å². The first-order valence-corrected chi connectivity index (χ1v) is 10.5. The van der Waals surface area contributed by atoms with Crippen LogP contribution in [0.25, 0.3) is 0 Å². The van der Waals surface area contributed by atoms with Gasteiger partial charge >= 0.3 is 6.09 Å². The van der Waals surface area contributed by atoms with E-state index in [9.17, 15) is 9.59 Å². The van der Waals surface area contributed by atoms with E-state index in [0.29, 0.717) is 13.2 Å². The Bertz CT molecular complexity index is 668. The molecule has 1 saturated heterocycles. The maximum absolute atomic E-state index is 13.7. The highest BCUT2D eigenvalue weighted by Crippen LogP contribution is 2.42. The first-order valence-electron chi connectivity index (χ1n) is 10.5. The van der Waals surface area contributed by atoms with Crippen molar-refractivity contribution >= 4 is 12.0 Å². The Morgan fingerprint density at radius 2 is 1.86 bits per heavy atom. The number of nitrogens with one attached hydrogen (secondary N) is 1. The van der Waals surface area contributed by atoms with Gasteiger partial charge in [0.05, 0.1) is 19.1 Å². The van der Waals surface area contributed by atoms with Crippen LogP contribution in [0, 0.1) is 0 Å². The van der Waals surface area contributed by atoms with Crippen molar-refractivity contribution in [3.8, 4) is 5.75 Å². The number of alkyl carbamates (subject to hydrolysis) is 1. The lowest BCUT2D eigenvalue weighted by Gasteiger charge is -2.43. The molecule has 1 aromatic carbocycles. The van der Waals surface area contributed by atoms with Crippen LogP contribution in [-0.4, -0.2) is 49.7 Å². The van der Waals surface area contributed by atoms with Gasteiger partial charge in [0.25, 0.3) is 0 Å². The molecule has 6 heteroatoms. The Balaban J connectivity index is 1.78. The molecule has 1 N–H and O–H groups in total. The number of piperidine rings is 1. The monoisotopic (exact) mass is 388 g/mol. The average Bonchev–Trinajstić information content (AvgIpc) is 2.74. The number of likely N-dealkylation sites (tertiary alicyclic amines) is 1. The van der Waals surface area contributed by atoms with Crippen molar-refractivity contribution in [2.75, 3.05) is 26.8 Å². The number of hydrogen-bond acceptors (Lipinski definition) is 4. The zero-order chi connectivity index (χ0) is 20.0. The predicted molar refractivity (Wildman–Crippen MR) is 108 cm³/mol. The minimum atomic E-state index is -0.462. The molecule has 1 aliphatic heterocycles. The molecule has 2 fully saturated rings. The Hall–Kier alpha value is -2.24. The number of hydrogen-bond donors (Lipinski definition) is 1. The summed E-state index contributed by atoms with van der Waals surface area (Å²) in [6.45, 7) is 3.44. The fraction of sp³-hybridized carbons (Fsp3) is 0.636. The molecule has 6 nitrogen and oxygen atoms in total. The van der Waals surface area contributed by atoms with E-state index in [0.717, 1.165) is 56.4 Å². The third-order valence-corrected chi connectivity index (χ3v) is 6.07. The van der Waals surface area contributed by atoms with Crippen LogP contribution in [0.4, 0.5) is 4.79 Å². The van der Waals surface area contributed by atoms with Gasteiger partial charge in [0, 0.05) is 19.1 Å². The van der Waals surface area contributed by atoms with Crippen LogP contribution in [0.2, 0.25) is 0 Å². The molecule has 0 radical (unpaired) electrons. The van der Waals surface area contributed by atoms with Crippen LogP contribution in [0.1, 0.15) is 57.4 Å². The summed E-state index contributed by atoms with van der Waals surface area (Å²) in [6, 6.07) is 7.93. The second kappa shape index (κ2) is 9.30. The lowest BCUT2D eigenvalue weighted by Crippen LogP contribution is -2.55. The summed E-state index contributed by atoms with van der Waals surface area (Å²) >= 11 is 0. The molecule has 1 atom stereocenters. The summed E-state index contributed by atoms with van der Waals surface area (Å²) < 4.78 is 10.3. The highest BCUT2D eigenvalue weighted by Gasteiger charge is 2.44. The summed E-state index contributed by atoms with van der Waals surface area (Å²) in [7, 11) is 1.65. The summed E-state index contributed by atoms with van der Waals surface area (Å²) in [4.78, 5) is 27.5. The van der Waals surface area contributed by atoms with Gasteiger partial charge in [-0.05, 0) is 50.3 Å². The minimum absolute atomic E-state index is 0.0479. The van der Waals surface area contributed by atoms with Crippen molar-refractivity contribution in [2.24, 2.45) is 0 Å². The van der Waals surface area contributed by atoms with Crippen molar-refractivity contribution < 1.29 is 19.1 Å². The van der Waals surface area contributed by atoms with Crippen molar-refractivity contribution in [1.82, 2.24) is 10.2 Å². The maximum Gasteiger partial charge on any atom is 0.407 e. The molecular weight excluding hydrogens is 356 g/mol. The van der Waals surface area contributed by atoms with E-state index < -0.39 is 11.5 Å². The predicted octanol–water partition coefficient (Wildman–Crippen LogP) is 3.63. The highest BCUT2D eigenvalue weighted by atomic mass is 16.5. The summed E-state index contributed by atoms with van der Waals surface area (Å²) in [6.07, 6.45) is 6.43. The van der Waals surface area contributed by atoms with Crippen LogP contribution in [-0.2, 0) is 14.9 Å². The van der Waals surface area contributed by atoms with Gasteiger partial charge in [0.15, 0.2) is 0 Å². The van der Waals surface area contributed by atoms with Crippen molar-refractivity contribution in [3.05, 3.63) is 29.8 Å². The molecule has 3 rings (SSSR count). The zero-order valence-corrected chi connectivity index (χ0v) is 17.0. The van der Waals surface area contributed by atoms with Gasteiger partial charge in [-0.1, -0.05) is 31.4 Å². The second-order valence-electron chi connectivity index (χ2n) is 7.83. The number of carbonyl (C=O) groups is 2. The number of rotatable bonds is 5. The lowest BCUT2D eigenvalue weighted by atomic mass is 9.68. The van der Waals surface area contributed by atoms with Crippen molar-refractivity contribution in [2.45, 2.75) is 63.3 Å². The number of ether oxygens (including phenoxy) is 2. The Kier molecular flexibility index (Phi) is 6.81.